The van der Waals surface area contributed by atoms with Gasteiger partial charge in [-0.15, -0.1) is 0 Å². The van der Waals surface area contributed by atoms with Crippen LogP contribution < -0.4 is 15.1 Å². The third kappa shape index (κ3) is 2.68. The molecule has 4 bridgehead atoms. The summed E-state index contributed by atoms with van der Waals surface area (Å²) in [5.41, 5.74) is 3.00. The second kappa shape index (κ2) is 6.22. The second-order valence-corrected chi connectivity index (χ2v) is 10.7. The van der Waals surface area contributed by atoms with Crippen LogP contribution in [0.3, 0.4) is 0 Å². The summed E-state index contributed by atoms with van der Waals surface area (Å²) < 4.78 is 1.74. The zero-order chi connectivity index (χ0) is 22.5. The Morgan fingerprint density at radius 2 is 1.97 bits per heavy atom. The van der Waals surface area contributed by atoms with E-state index >= 15 is 0 Å². The first kappa shape index (κ1) is 19.3. The molecule has 4 heterocycles. The van der Waals surface area contributed by atoms with Crippen LogP contribution in [-0.4, -0.2) is 47.9 Å². The molecule has 4 saturated carbocycles. The van der Waals surface area contributed by atoms with Crippen molar-refractivity contribution in [3.8, 4) is 0 Å². The molecule has 4 fully saturated rings. The normalized spacial score (nSPS) is 32.2. The van der Waals surface area contributed by atoms with Crippen LogP contribution in [0.15, 0.2) is 37.2 Å². The molecule has 0 saturated heterocycles. The van der Waals surface area contributed by atoms with E-state index in [4.69, 9.17) is 4.98 Å². The Bertz CT molecular complexity index is 1300. The van der Waals surface area contributed by atoms with E-state index in [1.807, 2.05) is 32.4 Å². The van der Waals surface area contributed by atoms with Crippen LogP contribution in [0.5, 0.6) is 0 Å². The van der Waals surface area contributed by atoms with E-state index in [-0.39, 0.29) is 5.54 Å². The Hall–Kier alpha value is -3.20. The zero-order valence-electron chi connectivity index (χ0n) is 19.0. The first-order valence-corrected chi connectivity index (χ1v) is 11.7. The first-order chi connectivity index (χ1) is 15.8. The first-order valence-electron chi connectivity index (χ1n) is 11.7. The lowest BCUT2D eigenvalue weighted by molar-refractivity contribution is -0.133. The minimum absolute atomic E-state index is 0.128. The summed E-state index contributed by atoms with van der Waals surface area (Å²) in [6, 6.07) is 1.99. The van der Waals surface area contributed by atoms with Crippen molar-refractivity contribution >= 4 is 28.8 Å². The van der Waals surface area contributed by atoms with Gasteiger partial charge in [-0.2, -0.15) is 10.1 Å². The van der Waals surface area contributed by atoms with Gasteiger partial charge in [-0.1, -0.05) is 6.58 Å². The van der Waals surface area contributed by atoms with Gasteiger partial charge in [0.05, 0.1) is 29.2 Å². The number of rotatable bonds is 3. The van der Waals surface area contributed by atoms with Crippen LogP contribution in [-0.2, 0) is 0 Å². The highest BCUT2D eigenvalue weighted by molar-refractivity contribution is 5.81. The van der Waals surface area contributed by atoms with Crippen LogP contribution in [0.1, 0.15) is 44.1 Å². The van der Waals surface area contributed by atoms with Gasteiger partial charge < -0.3 is 20.2 Å². The number of aliphatic hydroxyl groups is 1. The molecule has 33 heavy (non-hydrogen) atoms. The fourth-order valence-corrected chi connectivity index (χ4v) is 7.37. The summed E-state index contributed by atoms with van der Waals surface area (Å²) in [6.45, 7) is 6.46. The molecule has 2 unspecified atom stereocenters. The number of aromatic nitrogens is 5. The van der Waals surface area contributed by atoms with E-state index in [1.165, 1.54) is 6.42 Å². The number of aryl methyl sites for hydroxylation is 1. The number of fused-ring (bicyclic) bond motifs is 2. The van der Waals surface area contributed by atoms with Gasteiger partial charge >= 0.3 is 0 Å². The molecule has 3 aromatic rings. The van der Waals surface area contributed by atoms with Gasteiger partial charge in [-0.25, -0.2) is 14.5 Å². The van der Waals surface area contributed by atoms with Crippen molar-refractivity contribution < 1.29 is 5.11 Å². The molecule has 9 heteroatoms. The summed E-state index contributed by atoms with van der Waals surface area (Å²) in [5.74, 6) is 3.49. The number of anilines is 4. The third-order valence-electron chi connectivity index (χ3n) is 8.31. The van der Waals surface area contributed by atoms with E-state index in [9.17, 15) is 5.11 Å². The zero-order valence-corrected chi connectivity index (χ0v) is 19.0. The highest BCUT2D eigenvalue weighted by Gasteiger charge is 2.61. The molecule has 0 spiro atoms. The standard InChI is InChI=1S/C24H28N8O/c1-14-4-20-26-13-27-31(20)11-18(14)28-22-25-10-19-21(29-22)32(15(2)30(19)3)23-6-16-5-17(7-23)9-24(33,8-16)12-23/h4,10-11,13,16-17,33H,2,5-9,12H2,1,3H3,(H,25,28,29). The highest BCUT2D eigenvalue weighted by Crippen LogP contribution is 2.62. The minimum Gasteiger partial charge on any atom is -0.390 e. The van der Waals surface area contributed by atoms with E-state index in [2.05, 4.69) is 36.8 Å². The molecule has 0 radical (unpaired) electrons. The Balaban J connectivity index is 1.29. The van der Waals surface area contributed by atoms with E-state index in [0.717, 1.165) is 66.3 Å². The Morgan fingerprint density at radius 1 is 1.18 bits per heavy atom. The molecule has 2 atom stereocenters. The lowest BCUT2D eigenvalue weighted by atomic mass is 9.50. The van der Waals surface area contributed by atoms with Gasteiger partial charge in [-0.05, 0) is 68.9 Å². The topological polar surface area (TPSA) is 94.7 Å². The molecule has 8 rings (SSSR count). The van der Waals surface area contributed by atoms with Gasteiger partial charge in [0.25, 0.3) is 0 Å². The summed E-state index contributed by atoms with van der Waals surface area (Å²) >= 11 is 0. The maximum atomic E-state index is 11.3. The third-order valence-corrected chi connectivity index (χ3v) is 8.31. The smallest absolute Gasteiger partial charge is 0.229 e. The van der Waals surface area contributed by atoms with Crippen LogP contribution in [0.4, 0.5) is 23.1 Å². The van der Waals surface area contributed by atoms with Crippen LogP contribution in [0.2, 0.25) is 0 Å². The molecule has 0 aromatic carbocycles. The molecular formula is C24H28N8O. The molecule has 9 nitrogen and oxygen atoms in total. The van der Waals surface area contributed by atoms with Crippen LogP contribution in [0, 0.1) is 18.8 Å². The molecule has 170 valence electrons. The van der Waals surface area contributed by atoms with E-state index in [0.29, 0.717) is 17.8 Å². The van der Waals surface area contributed by atoms with Gasteiger partial charge in [0.2, 0.25) is 5.95 Å². The molecule has 3 aromatic heterocycles. The highest BCUT2D eigenvalue weighted by atomic mass is 16.3. The summed E-state index contributed by atoms with van der Waals surface area (Å²) in [5, 5.41) is 19.0. The lowest BCUT2D eigenvalue weighted by Crippen LogP contribution is -2.65. The fraction of sp³-hybridized carbons (Fsp3) is 0.500. The molecule has 2 N–H and O–H groups in total. The number of hydrogen-bond acceptors (Lipinski definition) is 8. The molecule has 4 aliphatic carbocycles. The maximum Gasteiger partial charge on any atom is 0.229 e. The van der Waals surface area contributed by atoms with Crippen molar-refractivity contribution in [2.24, 2.45) is 11.8 Å². The quantitative estimate of drug-likeness (QED) is 0.635. The van der Waals surface area contributed by atoms with Crippen molar-refractivity contribution in [3.63, 3.8) is 0 Å². The average molecular weight is 445 g/mol. The van der Waals surface area contributed by atoms with Gasteiger partial charge in [0.15, 0.2) is 11.5 Å². The number of nitrogens with zero attached hydrogens (tertiary/aromatic N) is 7. The average Bonchev–Trinajstić information content (AvgIpc) is 3.28. The van der Waals surface area contributed by atoms with Gasteiger partial charge in [0.1, 0.15) is 17.8 Å². The SMILES string of the molecule is C=C1N(C)c2cnc(Nc3cn4ncnc4cc3C)nc2N1C12CC3CC(CC(O)(C3)C1)C2. The Labute approximate surface area is 192 Å². The van der Waals surface area contributed by atoms with Gasteiger partial charge in [0, 0.05) is 7.05 Å². The Morgan fingerprint density at radius 3 is 2.73 bits per heavy atom. The largest absolute Gasteiger partial charge is 0.390 e. The number of hydrogen-bond donors (Lipinski definition) is 2. The van der Waals surface area contributed by atoms with Crippen LogP contribution >= 0.6 is 0 Å². The molecular weight excluding hydrogens is 416 g/mol. The van der Waals surface area contributed by atoms with Crippen molar-refractivity contribution in [1.82, 2.24) is 24.6 Å². The summed E-state index contributed by atoms with van der Waals surface area (Å²) in [6.07, 6.45) is 11.4. The van der Waals surface area contributed by atoms with Gasteiger partial charge in [-0.3, -0.25) is 0 Å². The predicted molar refractivity (Wildman–Crippen MR) is 125 cm³/mol. The van der Waals surface area contributed by atoms with Crippen molar-refractivity contribution in [1.29, 1.82) is 0 Å². The molecule has 1 aliphatic heterocycles. The molecule has 0 amide bonds. The van der Waals surface area contributed by atoms with Crippen molar-refractivity contribution in [3.05, 3.63) is 42.8 Å². The van der Waals surface area contributed by atoms with E-state index in [1.54, 1.807) is 10.8 Å². The van der Waals surface area contributed by atoms with Crippen LogP contribution in [0.25, 0.3) is 5.65 Å². The summed E-state index contributed by atoms with van der Waals surface area (Å²) in [7, 11) is 2.02. The summed E-state index contributed by atoms with van der Waals surface area (Å²) in [4.78, 5) is 18.3. The van der Waals surface area contributed by atoms with Crippen molar-refractivity contribution in [2.45, 2.75) is 56.6 Å². The second-order valence-electron chi connectivity index (χ2n) is 10.7. The maximum absolute atomic E-state index is 11.3. The molecule has 5 aliphatic rings. The number of pyridine rings is 1. The van der Waals surface area contributed by atoms with Crippen molar-refractivity contribution in [2.75, 3.05) is 22.2 Å². The fourth-order valence-electron chi connectivity index (χ4n) is 7.37. The monoisotopic (exact) mass is 444 g/mol. The Kier molecular flexibility index (Phi) is 3.64. The lowest BCUT2D eigenvalue weighted by Gasteiger charge is -2.62. The van der Waals surface area contributed by atoms with E-state index < -0.39 is 5.60 Å². The minimum atomic E-state index is -0.551. The predicted octanol–water partition coefficient (Wildman–Crippen LogP) is 3.38. The number of nitrogens with one attached hydrogen (secondary N) is 1.